The molecule has 1 aliphatic heterocycles. The van der Waals surface area contributed by atoms with Gasteiger partial charge in [-0.1, -0.05) is 54.2 Å². The Morgan fingerprint density at radius 2 is 1.89 bits per heavy atom. The van der Waals surface area contributed by atoms with Crippen LogP contribution in [0.25, 0.3) is 10.9 Å². The number of thioether (sulfide) groups is 1. The molecule has 2 heterocycles. The summed E-state index contributed by atoms with van der Waals surface area (Å²) >= 11 is 1.39. The molecule has 0 bridgehead atoms. The Balaban J connectivity index is 1.64. The van der Waals surface area contributed by atoms with E-state index in [2.05, 4.69) is 5.32 Å². The van der Waals surface area contributed by atoms with Crippen LogP contribution in [0.2, 0.25) is 0 Å². The van der Waals surface area contributed by atoms with Crippen LogP contribution in [0.1, 0.15) is 17.2 Å². The van der Waals surface area contributed by atoms with Crippen molar-refractivity contribution in [1.82, 2.24) is 9.88 Å². The Hall–Kier alpha value is -3.78. The molecule has 0 fully saturated rings. The summed E-state index contributed by atoms with van der Waals surface area (Å²) < 4.78 is 21.7. The third kappa shape index (κ3) is 4.14. The smallest absolute Gasteiger partial charge is 0.248 e. The lowest BCUT2D eigenvalue weighted by atomic mass is 10.0. The zero-order valence-electron chi connectivity index (χ0n) is 19.3. The van der Waals surface area contributed by atoms with E-state index in [1.165, 1.54) is 28.8 Å². The largest absolute Gasteiger partial charge is 0.496 e. The lowest BCUT2D eigenvalue weighted by Gasteiger charge is -2.30. The van der Waals surface area contributed by atoms with Crippen molar-refractivity contribution in [3.8, 4) is 5.75 Å². The van der Waals surface area contributed by atoms with Gasteiger partial charge in [0, 0.05) is 41.3 Å². The fraction of sp³-hybridized carbons (Fsp3) is 0.185. The Labute approximate surface area is 206 Å². The van der Waals surface area contributed by atoms with Gasteiger partial charge in [-0.2, -0.15) is 0 Å². The molecule has 8 heteroatoms. The van der Waals surface area contributed by atoms with Crippen molar-refractivity contribution in [1.29, 1.82) is 0 Å². The number of para-hydroxylation sites is 2. The molecule has 3 aromatic carbocycles. The number of rotatable bonds is 5. The third-order valence-electron chi connectivity index (χ3n) is 6.20. The van der Waals surface area contributed by atoms with E-state index in [4.69, 9.17) is 4.74 Å². The summed E-state index contributed by atoms with van der Waals surface area (Å²) in [6.07, 6.45) is 0. The average molecular weight is 490 g/mol. The summed E-state index contributed by atoms with van der Waals surface area (Å²) in [6, 6.07) is 20.1. The van der Waals surface area contributed by atoms with Crippen LogP contribution < -0.4 is 15.0 Å². The number of nitrogens with one attached hydrogen (secondary N) is 1. The van der Waals surface area contributed by atoms with Gasteiger partial charge in [-0.05, 0) is 30.3 Å². The van der Waals surface area contributed by atoms with Crippen molar-refractivity contribution in [3.05, 3.63) is 89.7 Å². The van der Waals surface area contributed by atoms with E-state index in [0.717, 1.165) is 27.1 Å². The lowest BCUT2D eigenvalue weighted by Crippen LogP contribution is -2.43. The molecule has 0 radical (unpaired) electrons. The summed E-state index contributed by atoms with van der Waals surface area (Å²) in [5.41, 5.74) is 2.85. The van der Waals surface area contributed by atoms with E-state index < -0.39 is 11.9 Å². The van der Waals surface area contributed by atoms with Crippen molar-refractivity contribution in [2.24, 2.45) is 7.05 Å². The summed E-state index contributed by atoms with van der Waals surface area (Å²) in [5, 5.41) is 4.72. The summed E-state index contributed by atoms with van der Waals surface area (Å²) in [5.74, 6) is -0.303. The number of amides is 2. The van der Waals surface area contributed by atoms with Crippen LogP contribution in [-0.2, 0) is 23.2 Å². The topological polar surface area (TPSA) is 63.6 Å². The molecular weight excluding hydrogens is 465 g/mol. The van der Waals surface area contributed by atoms with Crippen LogP contribution in [0, 0.1) is 5.82 Å². The van der Waals surface area contributed by atoms with Gasteiger partial charge in [0.05, 0.1) is 17.9 Å². The second kappa shape index (κ2) is 9.46. The molecule has 1 aromatic heterocycles. The first-order valence-corrected chi connectivity index (χ1v) is 12.2. The monoisotopic (exact) mass is 489 g/mol. The number of nitrogens with zero attached hydrogens (tertiary/aromatic N) is 2. The number of methoxy groups -OCH3 is 1. The number of benzene rings is 3. The van der Waals surface area contributed by atoms with Crippen LogP contribution in [0.15, 0.2) is 77.8 Å². The van der Waals surface area contributed by atoms with Crippen molar-refractivity contribution in [3.63, 3.8) is 0 Å². The van der Waals surface area contributed by atoms with Crippen LogP contribution in [0.3, 0.4) is 0 Å². The molecule has 0 aliphatic carbocycles. The van der Waals surface area contributed by atoms with E-state index in [1.54, 1.807) is 19.2 Å². The van der Waals surface area contributed by atoms with Gasteiger partial charge in [0.2, 0.25) is 11.8 Å². The molecule has 1 atom stereocenters. The first-order valence-electron chi connectivity index (χ1n) is 11.2. The molecule has 0 spiro atoms. The SMILES string of the molecule is COc1ccccc1CNC(=O)[C@@H]1c2c(n(C)c3ccccc23)SCC(=O)N1c1cccc(F)c1. The van der Waals surface area contributed by atoms with Crippen molar-refractivity contribution in [2.75, 3.05) is 17.8 Å². The number of carbonyl (C=O) groups is 2. The lowest BCUT2D eigenvalue weighted by molar-refractivity contribution is -0.125. The zero-order valence-corrected chi connectivity index (χ0v) is 20.1. The minimum Gasteiger partial charge on any atom is -0.496 e. The molecule has 1 aliphatic rings. The Morgan fingerprint density at radius 3 is 2.69 bits per heavy atom. The second-order valence-electron chi connectivity index (χ2n) is 8.26. The number of aryl methyl sites for hydroxylation is 1. The van der Waals surface area contributed by atoms with Gasteiger partial charge in [-0.25, -0.2) is 4.39 Å². The van der Waals surface area contributed by atoms with Crippen LogP contribution in [-0.4, -0.2) is 29.2 Å². The number of halogens is 1. The van der Waals surface area contributed by atoms with Gasteiger partial charge >= 0.3 is 0 Å². The van der Waals surface area contributed by atoms with Gasteiger partial charge in [-0.3, -0.25) is 14.5 Å². The minimum atomic E-state index is -0.977. The molecular formula is C27H24FN3O3S. The molecule has 0 unspecified atom stereocenters. The molecule has 35 heavy (non-hydrogen) atoms. The van der Waals surface area contributed by atoms with Crippen LogP contribution in [0.5, 0.6) is 5.75 Å². The highest BCUT2D eigenvalue weighted by Gasteiger charge is 2.39. The normalized spacial score (nSPS) is 15.6. The first kappa shape index (κ1) is 23.0. The second-order valence-corrected chi connectivity index (χ2v) is 9.22. The number of hydrogen-bond acceptors (Lipinski definition) is 4. The standard InChI is InChI=1S/C27H24FN3O3S/c1-30-21-12-5-4-11-20(21)24-25(26(33)29-15-17-8-3-6-13-22(17)34-2)31(23(32)16-35-27(24)30)19-10-7-9-18(28)14-19/h3-14,25H,15-16H2,1-2H3,(H,29,33)/t25-/m0/s1. The van der Waals surface area contributed by atoms with Gasteiger partial charge in [0.25, 0.3) is 0 Å². The predicted octanol–water partition coefficient (Wildman–Crippen LogP) is 4.82. The Bertz CT molecular complexity index is 1430. The number of carbonyl (C=O) groups excluding carboxylic acids is 2. The van der Waals surface area contributed by atoms with Crippen molar-refractivity contribution >= 4 is 40.2 Å². The summed E-state index contributed by atoms with van der Waals surface area (Å²) in [6.45, 7) is 0.220. The third-order valence-corrected chi connectivity index (χ3v) is 7.36. The Kier molecular flexibility index (Phi) is 6.21. The van der Waals surface area contributed by atoms with Gasteiger partial charge in [0.1, 0.15) is 17.6 Å². The first-order chi connectivity index (χ1) is 17.0. The molecule has 0 saturated carbocycles. The highest BCUT2D eigenvalue weighted by Crippen LogP contribution is 2.43. The van der Waals surface area contributed by atoms with Gasteiger partial charge in [0.15, 0.2) is 0 Å². The molecule has 6 nitrogen and oxygen atoms in total. The molecule has 4 aromatic rings. The van der Waals surface area contributed by atoms with E-state index in [0.29, 0.717) is 11.4 Å². The summed E-state index contributed by atoms with van der Waals surface area (Å²) in [7, 11) is 3.51. The quantitative estimate of drug-likeness (QED) is 0.437. The predicted molar refractivity (Wildman–Crippen MR) is 135 cm³/mol. The summed E-state index contributed by atoms with van der Waals surface area (Å²) in [4.78, 5) is 28.7. The van der Waals surface area contributed by atoms with Crippen LogP contribution >= 0.6 is 11.8 Å². The minimum absolute atomic E-state index is 0.129. The maximum absolute atomic E-state index is 14.2. The fourth-order valence-corrected chi connectivity index (χ4v) is 5.67. The zero-order chi connectivity index (χ0) is 24.5. The maximum Gasteiger partial charge on any atom is 0.248 e. The van der Waals surface area contributed by atoms with E-state index in [1.807, 2.05) is 60.1 Å². The van der Waals surface area contributed by atoms with Gasteiger partial charge in [-0.15, -0.1) is 0 Å². The number of anilines is 1. The number of hydrogen-bond donors (Lipinski definition) is 1. The molecule has 178 valence electrons. The molecule has 1 N–H and O–H groups in total. The molecule has 5 rings (SSSR count). The highest BCUT2D eigenvalue weighted by atomic mass is 32.2. The highest BCUT2D eigenvalue weighted by molar-refractivity contribution is 8.00. The maximum atomic E-state index is 14.2. The number of aromatic nitrogens is 1. The van der Waals surface area contributed by atoms with Crippen molar-refractivity contribution in [2.45, 2.75) is 17.6 Å². The fourth-order valence-electron chi connectivity index (χ4n) is 4.61. The molecule has 2 amide bonds. The average Bonchev–Trinajstić information content (AvgIpc) is 3.05. The van der Waals surface area contributed by atoms with E-state index in [-0.39, 0.29) is 24.1 Å². The number of ether oxygens (including phenoxy) is 1. The van der Waals surface area contributed by atoms with Gasteiger partial charge < -0.3 is 14.6 Å². The van der Waals surface area contributed by atoms with Crippen molar-refractivity contribution < 1.29 is 18.7 Å². The van der Waals surface area contributed by atoms with E-state index >= 15 is 0 Å². The van der Waals surface area contributed by atoms with Crippen LogP contribution in [0.4, 0.5) is 10.1 Å². The van der Waals surface area contributed by atoms with E-state index in [9.17, 15) is 14.0 Å². The Morgan fingerprint density at radius 1 is 1.11 bits per heavy atom. The number of fused-ring (bicyclic) bond motifs is 3. The molecule has 0 saturated heterocycles.